The molecular formula is C32H34ClNO4. The molecule has 5 rings (SSSR count). The van der Waals surface area contributed by atoms with Gasteiger partial charge in [0.25, 0.3) is 0 Å². The van der Waals surface area contributed by atoms with Crippen LogP contribution in [0.1, 0.15) is 40.2 Å². The standard InChI is InChI=1S/C32H33NO4.ClH/c34-32(27-8-2-1-3-9-27)36-20-6-19-35-29-15-13-26(14-16-29)30-17-18-33-22-31(30)37-23-24-11-12-25-7-4-5-10-28(25)21-24;/h1-5,7-16,21,30-31,33H,6,17-20,22-23H2;1H. The van der Waals surface area contributed by atoms with Gasteiger partial charge in [-0.2, -0.15) is 0 Å². The molecule has 0 aromatic heterocycles. The molecule has 0 bridgehead atoms. The molecule has 4 aromatic carbocycles. The lowest BCUT2D eigenvalue weighted by molar-refractivity contribution is 0.0106. The van der Waals surface area contributed by atoms with Gasteiger partial charge in [0, 0.05) is 18.9 Å². The summed E-state index contributed by atoms with van der Waals surface area (Å²) >= 11 is 0. The zero-order valence-electron chi connectivity index (χ0n) is 21.4. The van der Waals surface area contributed by atoms with Crippen molar-refractivity contribution in [1.29, 1.82) is 0 Å². The van der Waals surface area contributed by atoms with E-state index in [1.54, 1.807) is 12.1 Å². The molecule has 6 heteroatoms. The number of halogens is 1. The SMILES string of the molecule is Cl.O=C(OCCCOc1ccc(C2CCNCC2OCc2ccc3ccccc3c2)cc1)c1ccccc1. The number of nitrogens with one attached hydrogen (secondary N) is 1. The Kier molecular flexibility index (Phi) is 10.2. The second-order valence-electron chi connectivity index (χ2n) is 9.40. The Morgan fingerprint density at radius 3 is 2.42 bits per heavy atom. The van der Waals surface area contributed by atoms with Crippen LogP contribution in [0.15, 0.2) is 97.1 Å². The highest BCUT2D eigenvalue weighted by molar-refractivity contribution is 5.89. The smallest absolute Gasteiger partial charge is 0.338 e. The maximum atomic E-state index is 12.0. The normalized spacial score (nSPS) is 16.9. The van der Waals surface area contributed by atoms with Gasteiger partial charge in [-0.15, -0.1) is 12.4 Å². The summed E-state index contributed by atoms with van der Waals surface area (Å²) in [6.07, 6.45) is 1.79. The predicted molar refractivity (Wildman–Crippen MR) is 153 cm³/mol. The highest BCUT2D eigenvalue weighted by Gasteiger charge is 2.27. The van der Waals surface area contributed by atoms with Crippen LogP contribution in [0.5, 0.6) is 5.75 Å². The lowest BCUT2D eigenvalue weighted by atomic mass is 9.87. The topological polar surface area (TPSA) is 56.8 Å². The van der Waals surface area contributed by atoms with Gasteiger partial charge in [-0.25, -0.2) is 4.79 Å². The molecule has 0 amide bonds. The number of carbonyl (C=O) groups excluding carboxylic acids is 1. The first kappa shape index (κ1) is 27.6. The van der Waals surface area contributed by atoms with Gasteiger partial charge in [-0.1, -0.05) is 66.7 Å². The van der Waals surface area contributed by atoms with Gasteiger partial charge in [0.05, 0.1) is 31.5 Å². The van der Waals surface area contributed by atoms with Crippen LogP contribution >= 0.6 is 12.4 Å². The van der Waals surface area contributed by atoms with E-state index >= 15 is 0 Å². The van der Waals surface area contributed by atoms with E-state index in [-0.39, 0.29) is 24.5 Å². The van der Waals surface area contributed by atoms with Gasteiger partial charge in [0.15, 0.2) is 0 Å². The van der Waals surface area contributed by atoms with E-state index in [9.17, 15) is 4.79 Å². The van der Waals surface area contributed by atoms with Crippen molar-refractivity contribution in [3.05, 3.63) is 114 Å². The monoisotopic (exact) mass is 531 g/mol. The number of benzene rings is 4. The quantitative estimate of drug-likeness (QED) is 0.186. The number of hydrogen-bond donors (Lipinski definition) is 1. The maximum absolute atomic E-state index is 12.0. The fourth-order valence-corrected chi connectivity index (χ4v) is 4.80. The Morgan fingerprint density at radius 2 is 1.61 bits per heavy atom. The first-order valence-corrected chi connectivity index (χ1v) is 13.0. The number of ether oxygens (including phenoxy) is 3. The summed E-state index contributed by atoms with van der Waals surface area (Å²) < 4.78 is 17.6. The van der Waals surface area contributed by atoms with Crippen LogP contribution < -0.4 is 10.1 Å². The van der Waals surface area contributed by atoms with E-state index in [0.29, 0.717) is 37.7 Å². The first-order valence-electron chi connectivity index (χ1n) is 13.0. The molecule has 1 saturated heterocycles. The average Bonchev–Trinajstić information content (AvgIpc) is 2.96. The summed E-state index contributed by atoms with van der Waals surface area (Å²) in [5.74, 6) is 0.859. The van der Waals surface area contributed by atoms with Gasteiger partial charge in [-0.05, 0) is 65.2 Å². The van der Waals surface area contributed by atoms with E-state index in [4.69, 9.17) is 14.2 Å². The van der Waals surface area contributed by atoms with E-state index in [2.05, 4.69) is 59.9 Å². The molecule has 0 spiro atoms. The van der Waals surface area contributed by atoms with Crippen molar-refractivity contribution < 1.29 is 19.0 Å². The minimum atomic E-state index is -0.302. The van der Waals surface area contributed by atoms with Crippen LogP contribution in [-0.2, 0) is 16.1 Å². The zero-order chi connectivity index (χ0) is 25.3. The van der Waals surface area contributed by atoms with Crippen molar-refractivity contribution in [2.45, 2.75) is 31.5 Å². The Labute approximate surface area is 230 Å². The number of fused-ring (bicyclic) bond motifs is 1. The molecule has 198 valence electrons. The van der Waals surface area contributed by atoms with Gasteiger partial charge in [0.2, 0.25) is 0 Å². The minimum Gasteiger partial charge on any atom is -0.493 e. The van der Waals surface area contributed by atoms with Crippen molar-refractivity contribution in [2.24, 2.45) is 0 Å². The van der Waals surface area contributed by atoms with Crippen LogP contribution in [0.2, 0.25) is 0 Å². The van der Waals surface area contributed by atoms with Gasteiger partial charge < -0.3 is 19.5 Å². The number of esters is 1. The van der Waals surface area contributed by atoms with Crippen LogP contribution in [0, 0.1) is 0 Å². The van der Waals surface area contributed by atoms with Gasteiger partial charge >= 0.3 is 5.97 Å². The third-order valence-electron chi connectivity index (χ3n) is 6.81. The first-order chi connectivity index (χ1) is 18.3. The number of carbonyl (C=O) groups is 1. The maximum Gasteiger partial charge on any atom is 0.338 e. The van der Waals surface area contributed by atoms with E-state index in [1.807, 2.05) is 30.3 Å². The molecule has 0 aliphatic carbocycles. The third-order valence-corrected chi connectivity index (χ3v) is 6.81. The second kappa shape index (κ2) is 14.0. The van der Waals surface area contributed by atoms with E-state index in [0.717, 1.165) is 25.3 Å². The molecule has 0 radical (unpaired) electrons. The van der Waals surface area contributed by atoms with Crippen LogP contribution in [-0.4, -0.2) is 38.4 Å². The molecule has 1 N–H and O–H groups in total. The molecular weight excluding hydrogens is 498 g/mol. The number of rotatable bonds is 10. The Morgan fingerprint density at radius 1 is 0.842 bits per heavy atom. The Bertz CT molecular complexity index is 1300. The fourth-order valence-electron chi connectivity index (χ4n) is 4.80. The third kappa shape index (κ3) is 7.35. The molecule has 1 heterocycles. The van der Waals surface area contributed by atoms with E-state index < -0.39 is 0 Å². The van der Waals surface area contributed by atoms with Crippen molar-refractivity contribution in [2.75, 3.05) is 26.3 Å². The van der Waals surface area contributed by atoms with Gasteiger partial charge in [-0.3, -0.25) is 0 Å². The van der Waals surface area contributed by atoms with Crippen LogP contribution in [0.25, 0.3) is 10.8 Å². The minimum absolute atomic E-state index is 0. The number of hydrogen-bond acceptors (Lipinski definition) is 5. The Hall–Kier alpha value is -3.38. The highest BCUT2D eigenvalue weighted by Crippen LogP contribution is 2.30. The lowest BCUT2D eigenvalue weighted by Crippen LogP contribution is -2.40. The fraction of sp³-hybridized carbons (Fsp3) is 0.281. The molecule has 2 atom stereocenters. The summed E-state index contributed by atoms with van der Waals surface area (Å²) in [5, 5.41) is 5.98. The summed E-state index contributed by atoms with van der Waals surface area (Å²) in [5.41, 5.74) is 3.03. The molecule has 4 aromatic rings. The molecule has 38 heavy (non-hydrogen) atoms. The highest BCUT2D eigenvalue weighted by atomic mass is 35.5. The van der Waals surface area contributed by atoms with Crippen LogP contribution in [0.4, 0.5) is 0 Å². The largest absolute Gasteiger partial charge is 0.493 e. The van der Waals surface area contributed by atoms with Crippen molar-refractivity contribution >= 4 is 29.1 Å². The lowest BCUT2D eigenvalue weighted by Gasteiger charge is -2.32. The zero-order valence-corrected chi connectivity index (χ0v) is 22.2. The van der Waals surface area contributed by atoms with Crippen molar-refractivity contribution in [3.63, 3.8) is 0 Å². The van der Waals surface area contributed by atoms with Crippen molar-refractivity contribution in [1.82, 2.24) is 5.32 Å². The Balaban J connectivity index is 0.00000336. The van der Waals surface area contributed by atoms with Gasteiger partial charge in [0.1, 0.15) is 5.75 Å². The molecule has 5 nitrogen and oxygen atoms in total. The van der Waals surface area contributed by atoms with Crippen LogP contribution in [0.3, 0.4) is 0 Å². The summed E-state index contributed by atoms with van der Waals surface area (Å²) in [4.78, 5) is 12.0. The second-order valence-corrected chi connectivity index (χ2v) is 9.40. The van der Waals surface area contributed by atoms with E-state index in [1.165, 1.54) is 21.9 Å². The molecule has 0 saturated carbocycles. The summed E-state index contributed by atoms with van der Waals surface area (Å²) in [6.45, 7) is 3.26. The predicted octanol–water partition coefficient (Wildman–Crippen LogP) is 6.55. The average molecular weight is 532 g/mol. The molecule has 1 aliphatic rings. The summed E-state index contributed by atoms with van der Waals surface area (Å²) in [6, 6.07) is 32.3. The number of piperidine rings is 1. The molecule has 1 aliphatic heterocycles. The van der Waals surface area contributed by atoms with Crippen molar-refractivity contribution in [3.8, 4) is 5.75 Å². The summed E-state index contributed by atoms with van der Waals surface area (Å²) in [7, 11) is 0. The molecule has 2 unspecified atom stereocenters. The molecule has 1 fully saturated rings.